The van der Waals surface area contributed by atoms with Crippen molar-refractivity contribution in [2.24, 2.45) is 0 Å². The molecular weight excluding hydrogens is 412 g/mol. The number of carbonyl (C=O) groups excluding carboxylic acids is 2. The number of alkyl halides is 2. The number of sulfone groups is 1. The van der Waals surface area contributed by atoms with Crippen molar-refractivity contribution in [1.82, 2.24) is 0 Å². The Labute approximate surface area is 165 Å². The fourth-order valence-electron chi connectivity index (χ4n) is 2.17. The Morgan fingerprint density at radius 2 is 1.55 bits per heavy atom. The minimum atomic E-state index is -4.76. The van der Waals surface area contributed by atoms with Crippen LogP contribution < -0.4 is 14.8 Å². The van der Waals surface area contributed by atoms with Crippen molar-refractivity contribution in [1.29, 1.82) is 0 Å². The number of esters is 1. The number of nitrogens with one attached hydrogen (secondary N) is 1. The Morgan fingerprint density at radius 1 is 1.00 bits per heavy atom. The van der Waals surface area contributed by atoms with Crippen LogP contribution in [0.15, 0.2) is 47.4 Å². The summed E-state index contributed by atoms with van der Waals surface area (Å²) in [5, 5.41) is 2.50. The number of methoxy groups -OCH3 is 2. The summed E-state index contributed by atoms with van der Waals surface area (Å²) < 4.78 is 62.7. The third-order valence-electron chi connectivity index (χ3n) is 3.62. The normalized spacial score (nSPS) is 11.1. The van der Waals surface area contributed by atoms with E-state index in [2.05, 4.69) is 5.32 Å². The second-order valence-electron chi connectivity index (χ2n) is 5.56. The first-order valence-corrected chi connectivity index (χ1v) is 9.54. The van der Waals surface area contributed by atoms with Crippen LogP contribution in [0.4, 0.5) is 14.5 Å². The number of rotatable bonds is 8. The minimum absolute atomic E-state index is 0.103. The molecule has 0 bridgehead atoms. The molecule has 0 atom stereocenters. The molecule has 0 aliphatic carbocycles. The smallest absolute Gasteiger partial charge is 0.341 e. The Bertz CT molecular complexity index is 970. The van der Waals surface area contributed by atoms with Gasteiger partial charge in [0.05, 0.1) is 24.7 Å². The maximum Gasteiger partial charge on any atom is 0.341 e. The Balaban J connectivity index is 1.98. The summed E-state index contributed by atoms with van der Waals surface area (Å²) in [6, 6.07) is 8.43. The molecule has 0 heterocycles. The van der Waals surface area contributed by atoms with E-state index in [0.717, 1.165) is 24.3 Å². The van der Waals surface area contributed by atoms with E-state index in [1.54, 1.807) is 6.07 Å². The fourth-order valence-corrected chi connectivity index (χ4v) is 2.90. The van der Waals surface area contributed by atoms with Gasteiger partial charge in [0.2, 0.25) is 9.84 Å². The predicted molar refractivity (Wildman–Crippen MR) is 98.1 cm³/mol. The van der Waals surface area contributed by atoms with Crippen molar-refractivity contribution in [3.05, 3.63) is 48.0 Å². The van der Waals surface area contributed by atoms with Crippen LogP contribution in [-0.4, -0.2) is 46.9 Å². The molecule has 29 heavy (non-hydrogen) atoms. The molecule has 11 heteroatoms. The summed E-state index contributed by atoms with van der Waals surface area (Å²) in [6.45, 7) is -0.630. The van der Waals surface area contributed by atoms with Gasteiger partial charge in [-0.1, -0.05) is 0 Å². The van der Waals surface area contributed by atoms with E-state index >= 15 is 0 Å². The van der Waals surface area contributed by atoms with Gasteiger partial charge in [-0.3, -0.25) is 4.79 Å². The highest BCUT2D eigenvalue weighted by molar-refractivity contribution is 7.91. The molecule has 0 fully saturated rings. The molecule has 1 N–H and O–H groups in total. The first-order chi connectivity index (χ1) is 13.7. The average molecular weight is 429 g/mol. The number of amides is 1. The van der Waals surface area contributed by atoms with Crippen LogP contribution in [0.3, 0.4) is 0 Å². The molecule has 156 valence electrons. The van der Waals surface area contributed by atoms with E-state index in [4.69, 9.17) is 14.2 Å². The van der Waals surface area contributed by atoms with Crippen LogP contribution in [0.25, 0.3) is 0 Å². The third kappa shape index (κ3) is 5.64. The van der Waals surface area contributed by atoms with E-state index in [1.165, 1.54) is 26.4 Å². The molecule has 2 aromatic carbocycles. The highest BCUT2D eigenvalue weighted by atomic mass is 32.2. The van der Waals surface area contributed by atoms with Gasteiger partial charge in [0.1, 0.15) is 11.5 Å². The molecule has 0 unspecified atom stereocenters. The van der Waals surface area contributed by atoms with Crippen LogP contribution >= 0.6 is 0 Å². The third-order valence-corrected chi connectivity index (χ3v) is 5.02. The van der Waals surface area contributed by atoms with E-state index < -0.39 is 39.0 Å². The number of ether oxygens (including phenoxy) is 3. The van der Waals surface area contributed by atoms with Gasteiger partial charge in [-0.15, -0.1) is 0 Å². The summed E-state index contributed by atoms with van der Waals surface area (Å²) >= 11 is 0. The van der Waals surface area contributed by atoms with Gasteiger partial charge >= 0.3 is 11.7 Å². The Hall–Kier alpha value is -3.21. The van der Waals surface area contributed by atoms with E-state index in [0.29, 0.717) is 17.2 Å². The zero-order chi connectivity index (χ0) is 21.6. The monoisotopic (exact) mass is 429 g/mol. The van der Waals surface area contributed by atoms with Crippen LogP contribution in [0.5, 0.6) is 11.5 Å². The van der Waals surface area contributed by atoms with E-state index in [-0.39, 0.29) is 5.56 Å². The summed E-state index contributed by atoms with van der Waals surface area (Å²) in [5.74, 6) is -4.26. The molecule has 0 spiro atoms. The highest BCUT2D eigenvalue weighted by Gasteiger charge is 2.26. The molecule has 1 amide bonds. The predicted octanol–water partition coefficient (Wildman–Crippen LogP) is 2.50. The highest BCUT2D eigenvalue weighted by Crippen LogP contribution is 2.25. The van der Waals surface area contributed by atoms with Gasteiger partial charge in [-0.2, -0.15) is 8.78 Å². The zero-order valence-corrected chi connectivity index (χ0v) is 16.2. The Kier molecular flexibility index (Phi) is 7.10. The second kappa shape index (κ2) is 9.32. The quantitative estimate of drug-likeness (QED) is 0.643. The van der Waals surface area contributed by atoms with Gasteiger partial charge in [0.25, 0.3) is 5.91 Å². The van der Waals surface area contributed by atoms with Crippen molar-refractivity contribution in [2.45, 2.75) is 10.7 Å². The van der Waals surface area contributed by atoms with Crippen LogP contribution in [0, 0.1) is 0 Å². The van der Waals surface area contributed by atoms with E-state index in [1.807, 2.05) is 0 Å². The lowest BCUT2D eigenvalue weighted by Crippen LogP contribution is -2.21. The number of hydrogen-bond acceptors (Lipinski definition) is 7. The van der Waals surface area contributed by atoms with Crippen LogP contribution in [-0.2, 0) is 19.4 Å². The van der Waals surface area contributed by atoms with Crippen molar-refractivity contribution < 1.29 is 41.0 Å². The molecular formula is C18H17F2NO7S. The van der Waals surface area contributed by atoms with Crippen molar-refractivity contribution in [3.8, 4) is 11.5 Å². The van der Waals surface area contributed by atoms with Gasteiger partial charge in [-0.05, 0) is 24.3 Å². The summed E-state index contributed by atoms with van der Waals surface area (Å²) in [7, 11) is -1.87. The molecule has 0 aliphatic heterocycles. The second-order valence-corrected chi connectivity index (χ2v) is 7.47. The summed E-state index contributed by atoms with van der Waals surface area (Å²) in [4.78, 5) is 23.3. The average Bonchev–Trinajstić information content (AvgIpc) is 2.71. The lowest BCUT2D eigenvalue weighted by molar-refractivity contribution is -0.119. The topological polar surface area (TPSA) is 108 Å². The maximum atomic E-state index is 12.5. The number of hydrogen-bond donors (Lipinski definition) is 1. The van der Waals surface area contributed by atoms with Crippen LogP contribution in [0.1, 0.15) is 10.4 Å². The molecule has 0 aliphatic rings. The maximum absolute atomic E-state index is 12.5. The first kappa shape index (κ1) is 22.1. The molecule has 0 saturated heterocycles. The van der Waals surface area contributed by atoms with Gasteiger partial charge < -0.3 is 19.5 Å². The molecule has 2 aromatic rings. The van der Waals surface area contributed by atoms with Crippen molar-refractivity contribution in [3.63, 3.8) is 0 Å². The molecule has 0 saturated carbocycles. The first-order valence-electron chi connectivity index (χ1n) is 7.99. The van der Waals surface area contributed by atoms with Gasteiger partial charge in [0.15, 0.2) is 6.61 Å². The Morgan fingerprint density at radius 3 is 2.03 bits per heavy atom. The number of anilines is 1. The molecule has 2 rings (SSSR count). The molecule has 8 nitrogen and oxygen atoms in total. The van der Waals surface area contributed by atoms with Crippen LogP contribution in [0.2, 0.25) is 0 Å². The standard InChI is InChI=1S/C18H17F2NO7S/c1-26-13-7-12(8-14(9-13)27-2)21-16(22)10-28-17(23)11-3-5-15(6-4-11)29(24,25)18(19)20/h3-9,18H,10H2,1-2H3,(H,21,22). The number of carbonyl (C=O) groups is 2. The van der Waals surface area contributed by atoms with Crippen molar-refractivity contribution in [2.75, 3.05) is 26.1 Å². The summed E-state index contributed by atoms with van der Waals surface area (Å²) in [6.07, 6.45) is 0. The molecule has 0 radical (unpaired) electrons. The van der Waals surface area contributed by atoms with E-state index in [9.17, 15) is 26.8 Å². The zero-order valence-electron chi connectivity index (χ0n) is 15.3. The minimum Gasteiger partial charge on any atom is -0.497 e. The number of benzene rings is 2. The lowest BCUT2D eigenvalue weighted by atomic mass is 10.2. The lowest BCUT2D eigenvalue weighted by Gasteiger charge is -2.10. The molecule has 0 aromatic heterocycles. The fraction of sp³-hybridized carbons (Fsp3) is 0.222. The van der Waals surface area contributed by atoms with Crippen molar-refractivity contribution >= 4 is 27.4 Å². The SMILES string of the molecule is COc1cc(NC(=O)COC(=O)c2ccc(S(=O)(=O)C(F)F)cc2)cc(OC)c1. The number of halogens is 2. The summed E-state index contributed by atoms with van der Waals surface area (Å²) in [5.41, 5.74) is 0.248. The van der Waals surface area contributed by atoms with Gasteiger partial charge in [-0.25, -0.2) is 13.2 Å². The largest absolute Gasteiger partial charge is 0.497 e. The van der Waals surface area contributed by atoms with Gasteiger partial charge in [0, 0.05) is 23.9 Å².